The highest BCUT2D eigenvalue weighted by Crippen LogP contribution is 2.17. The summed E-state index contributed by atoms with van der Waals surface area (Å²) in [6.45, 7) is 3.70. The van der Waals surface area contributed by atoms with Gasteiger partial charge < -0.3 is 10.6 Å². The van der Waals surface area contributed by atoms with Gasteiger partial charge in [-0.25, -0.2) is 0 Å². The lowest BCUT2D eigenvalue weighted by atomic mass is 10.0. The van der Waals surface area contributed by atoms with Gasteiger partial charge in [0.15, 0.2) is 0 Å². The van der Waals surface area contributed by atoms with Crippen molar-refractivity contribution < 1.29 is 0 Å². The zero-order valence-electron chi connectivity index (χ0n) is 6.40. The zero-order chi connectivity index (χ0) is 6.81. The third-order valence-corrected chi connectivity index (χ3v) is 2.73. The predicted molar refractivity (Wildman–Crippen MR) is 42.0 cm³/mol. The van der Waals surface area contributed by atoms with E-state index in [0.29, 0.717) is 0 Å². The molecule has 10 heavy (non-hydrogen) atoms. The molecule has 2 N–H and O–H groups in total. The second-order valence-electron chi connectivity index (χ2n) is 3.54. The Labute approximate surface area is 62.4 Å². The first-order valence-electron chi connectivity index (χ1n) is 4.39. The maximum atomic E-state index is 3.55. The van der Waals surface area contributed by atoms with Gasteiger partial charge in [0.1, 0.15) is 0 Å². The average Bonchev–Trinajstić information content (AvgIpc) is 2.17. The molecule has 2 heteroatoms. The molecule has 0 spiro atoms. The molecule has 2 heterocycles. The second kappa shape index (κ2) is 2.89. The fourth-order valence-electron chi connectivity index (χ4n) is 2.01. The van der Waals surface area contributed by atoms with E-state index in [4.69, 9.17) is 0 Å². The normalized spacial score (nSPS) is 40.8. The van der Waals surface area contributed by atoms with Crippen molar-refractivity contribution in [2.45, 2.75) is 25.3 Å². The maximum Gasteiger partial charge on any atom is 0.0192 e. The molecule has 2 nitrogen and oxygen atoms in total. The molecule has 0 saturated carbocycles. The zero-order valence-corrected chi connectivity index (χ0v) is 6.40. The summed E-state index contributed by atoms with van der Waals surface area (Å²) in [5.41, 5.74) is 0. The van der Waals surface area contributed by atoms with E-state index in [1.807, 2.05) is 0 Å². The Morgan fingerprint density at radius 2 is 2.00 bits per heavy atom. The maximum absolute atomic E-state index is 3.55. The molecule has 0 aromatic carbocycles. The fourth-order valence-corrected chi connectivity index (χ4v) is 2.01. The number of fused-ring (bicyclic) bond motifs is 3. The van der Waals surface area contributed by atoms with Gasteiger partial charge in [-0.2, -0.15) is 0 Å². The highest BCUT2D eigenvalue weighted by atomic mass is 15.0. The van der Waals surface area contributed by atoms with E-state index in [1.54, 1.807) is 0 Å². The molecular formula is C8H16N2. The van der Waals surface area contributed by atoms with Gasteiger partial charge in [-0.05, 0) is 38.3 Å². The van der Waals surface area contributed by atoms with Crippen molar-refractivity contribution in [3.63, 3.8) is 0 Å². The van der Waals surface area contributed by atoms with Crippen molar-refractivity contribution in [1.82, 2.24) is 10.6 Å². The molecule has 0 aromatic rings. The van der Waals surface area contributed by atoms with Crippen LogP contribution < -0.4 is 10.6 Å². The van der Waals surface area contributed by atoms with Crippen molar-refractivity contribution in [3.8, 4) is 0 Å². The first-order chi connectivity index (χ1) is 4.95. The van der Waals surface area contributed by atoms with E-state index < -0.39 is 0 Å². The predicted octanol–water partition coefficient (Wildman–Crippen LogP) is 0.348. The molecule has 0 aliphatic carbocycles. The average molecular weight is 140 g/mol. The Bertz CT molecular complexity index is 91.8. The minimum atomic E-state index is 0.771. The molecule has 2 fully saturated rings. The molecule has 2 bridgehead atoms. The van der Waals surface area contributed by atoms with Crippen LogP contribution >= 0.6 is 0 Å². The quantitative estimate of drug-likeness (QED) is 0.507. The van der Waals surface area contributed by atoms with Gasteiger partial charge in [-0.1, -0.05) is 0 Å². The third-order valence-electron chi connectivity index (χ3n) is 2.73. The first-order valence-corrected chi connectivity index (χ1v) is 4.39. The van der Waals surface area contributed by atoms with Crippen molar-refractivity contribution in [1.29, 1.82) is 0 Å². The van der Waals surface area contributed by atoms with Crippen LogP contribution in [0.3, 0.4) is 0 Å². The van der Waals surface area contributed by atoms with E-state index >= 15 is 0 Å². The van der Waals surface area contributed by atoms with Crippen LogP contribution in [0.1, 0.15) is 19.3 Å². The lowest BCUT2D eigenvalue weighted by Crippen LogP contribution is -2.39. The molecule has 0 amide bonds. The minimum Gasteiger partial charge on any atom is -0.315 e. The first kappa shape index (κ1) is 6.62. The van der Waals surface area contributed by atoms with Gasteiger partial charge in [0, 0.05) is 12.6 Å². The van der Waals surface area contributed by atoms with Crippen LogP contribution in [0.25, 0.3) is 0 Å². The third kappa shape index (κ3) is 1.32. The molecule has 2 saturated heterocycles. The molecule has 2 aliphatic rings. The molecule has 0 aromatic heterocycles. The minimum absolute atomic E-state index is 0.771. The summed E-state index contributed by atoms with van der Waals surface area (Å²) in [6, 6.07) is 0.771. The topological polar surface area (TPSA) is 24.1 Å². The molecule has 2 unspecified atom stereocenters. The molecule has 2 atom stereocenters. The Hall–Kier alpha value is -0.0800. The van der Waals surface area contributed by atoms with Crippen LogP contribution in [0.15, 0.2) is 0 Å². The summed E-state index contributed by atoms with van der Waals surface area (Å²) >= 11 is 0. The summed E-state index contributed by atoms with van der Waals surface area (Å²) in [4.78, 5) is 0. The fraction of sp³-hybridized carbons (Fsp3) is 1.00. The van der Waals surface area contributed by atoms with E-state index in [1.165, 1.54) is 38.9 Å². The largest absolute Gasteiger partial charge is 0.315 e. The summed E-state index contributed by atoms with van der Waals surface area (Å²) in [7, 11) is 0. The summed E-state index contributed by atoms with van der Waals surface area (Å²) in [6.07, 6.45) is 4.20. The SMILES string of the molecule is C1CC2CCC(CNC2)N1. The molecule has 58 valence electrons. The van der Waals surface area contributed by atoms with Crippen LogP contribution in [-0.2, 0) is 0 Å². The van der Waals surface area contributed by atoms with E-state index in [-0.39, 0.29) is 0 Å². The Balaban J connectivity index is 2.01. The Kier molecular flexibility index (Phi) is 1.91. The smallest absolute Gasteiger partial charge is 0.0192 e. The van der Waals surface area contributed by atoms with Crippen LogP contribution in [0.2, 0.25) is 0 Å². The summed E-state index contributed by atoms with van der Waals surface area (Å²) < 4.78 is 0. The van der Waals surface area contributed by atoms with Gasteiger partial charge in [0.25, 0.3) is 0 Å². The molecule has 2 aliphatic heterocycles. The van der Waals surface area contributed by atoms with Crippen molar-refractivity contribution in [2.75, 3.05) is 19.6 Å². The van der Waals surface area contributed by atoms with Gasteiger partial charge in [0.05, 0.1) is 0 Å². The van der Waals surface area contributed by atoms with Crippen molar-refractivity contribution in [3.05, 3.63) is 0 Å². The lowest BCUT2D eigenvalue weighted by molar-refractivity contribution is 0.429. The highest BCUT2D eigenvalue weighted by molar-refractivity contribution is 4.81. The van der Waals surface area contributed by atoms with Crippen LogP contribution in [-0.4, -0.2) is 25.7 Å². The molecular weight excluding hydrogens is 124 g/mol. The van der Waals surface area contributed by atoms with Crippen LogP contribution in [0, 0.1) is 5.92 Å². The standard InChI is InChI=1S/C8H16N2/c1-2-8-6-9-5-7(1)3-4-10-8/h7-10H,1-6H2. The van der Waals surface area contributed by atoms with E-state index in [9.17, 15) is 0 Å². The van der Waals surface area contributed by atoms with E-state index in [2.05, 4.69) is 10.6 Å². The number of rotatable bonds is 0. The summed E-state index contributed by atoms with van der Waals surface area (Å²) in [5, 5.41) is 7.04. The molecule has 2 rings (SSSR count). The summed E-state index contributed by atoms with van der Waals surface area (Å²) in [5.74, 6) is 0.958. The van der Waals surface area contributed by atoms with E-state index in [0.717, 1.165) is 12.0 Å². The van der Waals surface area contributed by atoms with Gasteiger partial charge >= 0.3 is 0 Å². The van der Waals surface area contributed by atoms with Gasteiger partial charge in [-0.3, -0.25) is 0 Å². The van der Waals surface area contributed by atoms with Crippen molar-refractivity contribution >= 4 is 0 Å². The van der Waals surface area contributed by atoms with Crippen LogP contribution in [0.4, 0.5) is 0 Å². The lowest BCUT2D eigenvalue weighted by Gasteiger charge is -2.17. The van der Waals surface area contributed by atoms with Crippen LogP contribution in [0.5, 0.6) is 0 Å². The van der Waals surface area contributed by atoms with Crippen molar-refractivity contribution in [2.24, 2.45) is 5.92 Å². The monoisotopic (exact) mass is 140 g/mol. The Morgan fingerprint density at radius 3 is 3.00 bits per heavy atom. The highest BCUT2D eigenvalue weighted by Gasteiger charge is 2.21. The number of hydrogen-bond donors (Lipinski definition) is 2. The molecule has 0 radical (unpaired) electrons. The number of hydrogen-bond acceptors (Lipinski definition) is 2. The van der Waals surface area contributed by atoms with Gasteiger partial charge in [0.2, 0.25) is 0 Å². The van der Waals surface area contributed by atoms with Gasteiger partial charge in [-0.15, -0.1) is 0 Å². The second-order valence-corrected chi connectivity index (χ2v) is 3.54. The number of nitrogens with one attached hydrogen (secondary N) is 2. The Morgan fingerprint density at radius 1 is 1.00 bits per heavy atom.